The van der Waals surface area contributed by atoms with E-state index >= 15 is 0 Å². The summed E-state index contributed by atoms with van der Waals surface area (Å²) in [7, 11) is -4.57. The van der Waals surface area contributed by atoms with E-state index in [4.69, 9.17) is 9.29 Å². The summed E-state index contributed by atoms with van der Waals surface area (Å²) >= 11 is 0. The number of ether oxygens (including phenoxy) is 1. The van der Waals surface area contributed by atoms with Gasteiger partial charge in [0, 0.05) is 12.5 Å². The lowest BCUT2D eigenvalue weighted by molar-refractivity contribution is 0.0493. The van der Waals surface area contributed by atoms with Crippen molar-refractivity contribution in [3.63, 3.8) is 0 Å². The minimum absolute atomic E-state index is 0.118. The molecule has 0 aliphatic heterocycles. The molecule has 7 nitrogen and oxygen atoms in total. The molecular weight excluding hydrogens is 274 g/mol. The van der Waals surface area contributed by atoms with E-state index in [9.17, 15) is 18.3 Å². The van der Waals surface area contributed by atoms with Gasteiger partial charge >= 0.3 is 6.09 Å². The molecule has 0 aromatic rings. The monoisotopic (exact) mass is 297 g/mol. The molecule has 0 bridgehead atoms. The smallest absolute Gasteiger partial charge is 0.407 e. The summed E-state index contributed by atoms with van der Waals surface area (Å²) in [5, 5.41) is 11.9. The second-order valence-electron chi connectivity index (χ2n) is 5.70. The number of rotatable bonds is 5. The van der Waals surface area contributed by atoms with Crippen LogP contribution in [0.3, 0.4) is 0 Å². The van der Waals surface area contributed by atoms with Gasteiger partial charge in [-0.15, -0.1) is 0 Å². The van der Waals surface area contributed by atoms with Gasteiger partial charge in [-0.05, 0) is 26.7 Å². The Morgan fingerprint density at radius 3 is 2.11 bits per heavy atom. The first-order chi connectivity index (χ1) is 8.34. The van der Waals surface area contributed by atoms with Gasteiger partial charge in [-0.3, -0.25) is 4.55 Å². The lowest BCUT2D eigenvalue weighted by atomic mass is 9.96. The predicted molar refractivity (Wildman–Crippen MR) is 70.1 cm³/mol. The Kier molecular flexibility index (Phi) is 6.24. The molecule has 114 valence electrons. The van der Waals surface area contributed by atoms with Crippen LogP contribution in [0.1, 0.15) is 34.6 Å². The molecule has 0 saturated carbocycles. The average Bonchev–Trinajstić information content (AvgIpc) is 2.12. The number of nitrogens with one attached hydrogen (secondary N) is 1. The summed E-state index contributed by atoms with van der Waals surface area (Å²) in [5.41, 5.74) is -2.61. The molecule has 2 unspecified atom stereocenters. The molecule has 0 saturated heterocycles. The van der Waals surface area contributed by atoms with Crippen molar-refractivity contribution in [2.45, 2.75) is 45.7 Å². The molecule has 0 fully saturated rings. The summed E-state index contributed by atoms with van der Waals surface area (Å²) in [6.07, 6.45) is -0.708. The zero-order valence-corrected chi connectivity index (χ0v) is 12.7. The Balaban J connectivity index is 4.60. The van der Waals surface area contributed by atoms with Crippen LogP contribution in [0.5, 0.6) is 0 Å². The third kappa shape index (κ3) is 7.34. The van der Waals surface area contributed by atoms with Crippen LogP contribution in [0, 0.1) is 11.8 Å². The number of aliphatic hydroxyl groups excluding tert-OH is 1. The summed E-state index contributed by atoms with van der Waals surface area (Å²) in [5.74, 6) is -1.09. The topological polar surface area (TPSA) is 113 Å². The van der Waals surface area contributed by atoms with E-state index in [1.807, 2.05) is 0 Å². The number of alkyl carbamates (subject to hydrolysis) is 1. The van der Waals surface area contributed by atoms with Gasteiger partial charge in [-0.2, -0.15) is 8.42 Å². The Morgan fingerprint density at radius 1 is 1.32 bits per heavy atom. The maximum absolute atomic E-state index is 11.4. The lowest BCUT2D eigenvalue weighted by Gasteiger charge is -2.25. The van der Waals surface area contributed by atoms with Crippen LogP contribution in [0.15, 0.2) is 0 Å². The molecule has 0 spiro atoms. The normalized spacial score (nSPS) is 16.0. The zero-order chi connectivity index (χ0) is 15.4. The quantitative estimate of drug-likeness (QED) is 0.652. The third-order valence-corrected chi connectivity index (χ3v) is 3.37. The van der Waals surface area contributed by atoms with E-state index in [1.54, 1.807) is 34.6 Å². The molecule has 0 aromatic carbocycles. The van der Waals surface area contributed by atoms with Crippen molar-refractivity contribution < 1.29 is 27.6 Å². The van der Waals surface area contributed by atoms with Crippen LogP contribution in [0.2, 0.25) is 0 Å². The fourth-order valence-electron chi connectivity index (χ4n) is 1.40. The van der Waals surface area contributed by atoms with Crippen molar-refractivity contribution in [3.05, 3.63) is 0 Å². The molecule has 0 aromatic heterocycles. The predicted octanol–water partition coefficient (Wildman–Crippen LogP) is 0.990. The second kappa shape index (κ2) is 6.53. The van der Waals surface area contributed by atoms with E-state index in [2.05, 4.69) is 5.32 Å². The Bertz CT molecular complexity index is 398. The minimum atomic E-state index is -4.57. The maximum atomic E-state index is 11.4. The Labute approximate surface area is 114 Å². The molecular formula is C11H23NO6S. The Morgan fingerprint density at radius 2 is 1.79 bits per heavy atom. The van der Waals surface area contributed by atoms with Gasteiger partial charge in [0.05, 0.1) is 0 Å². The van der Waals surface area contributed by atoms with Crippen molar-refractivity contribution in [1.29, 1.82) is 0 Å². The highest BCUT2D eigenvalue weighted by Crippen LogP contribution is 2.18. The van der Waals surface area contributed by atoms with Gasteiger partial charge in [-0.1, -0.05) is 13.8 Å². The van der Waals surface area contributed by atoms with Gasteiger partial charge in [-0.25, -0.2) is 4.79 Å². The van der Waals surface area contributed by atoms with Gasteiger partial charge in [0.15, 0.2) is 5.44 Å². The lowest BCUT2D eigenvalue weighted by Crippen LogP contribution is -2.42. The summed E-state index contributed by atoms with van der Waals surface area (Å²) in [4.78, 5) is 11.4. The number of carbonyl (C=O) groups excluding carboxylic acids is 1. The summed E-state index contributed by atoms with van der Waals surface area (Å²) in [6.45, 7) is 8.32. The number of hydrogen-bond donors (Lipinski definition) is 3. The van der Waals surface area contributed by atoms with Crippen LogP contribution < -0.4 is 5.32 Å². The van der Waals surface area contributed by atoms with Crippen LogP contribution in [-0.2, 0) is 14.9 Å². The van der Waals surface area contributed by atoms with Crippen molar-refractivity contribution in [1.82, 2.24) is 5.32 Å². The fourth-order valence-corrected chi connectivity index (χ4v) is 2.25. The number of amides is 1. The van der Waals surface area contributed by atoms with Crippen LogP contribution in [0.4, 0.5) is 4.79 Å². The van der Waals surface area contributed by atoms with Gasteiger partial charge in [0.25, 0.3) is 10.1 Å². The first-order valence-electron chi connectivity index (χ1n) is 5.96. The molecule has 8 heteroatoms. The van der Waals surface area contributed by atoms with Crippen LogP contribution in [-0.4, -0.2) is 41.8 Å². The molecule has 1 amide bonds. The summed E-state index contributed by atoms with van der Waals surface area (Å²) in [6, 6.07) is 0. The fraction of sp³-hybridized carbons (Fsp3) is 0.909. The average molecular weight is 297 g/mol. The first-order valence-corrected chi connectivity index (χ1v) is 7.46. The molecule has 0 aliphatic carbocycles. The minimum Gasteiger partial charge on any atom is -0.444 e. The van der Waals surface area contributed by atoms with Gasteiger partial charge in [0.1, 0.15) is 5.60 Å². The van der Waals surface area contributed by atoms with Crippen molar-refractivity contribution in [2.24, 2.45) is 11.8 Å². The largest absolute Gasteiger partial charge is 0.444 e. The molecule has 3 N–H and O–H groups in total. The van der Waals surface area contributed by atoms with Crippen molar-refractivity contribution in [3.8, 4) is 0 Å². The van der Waals surface area contributed by atoms with Crippen molar-refractivity contribution >= 4 is 16.2 Å². The molecule has 19 heavy (non-hydrogen) atoms. The van der Waals surface area contributed by atoms with E-state index < -0.39 is 33.2 Å². The number of carbonyl (C=O) groups is 1. The SMILES string of the molecule is CC(C)C(CNC(=O)OC(C)(C)C)C(O)S(=O)(=O)O. The number of hydrogen-bond acceptors (Lipinski definition) is 5. The summed E-state index contributed by atoms with van der Waals surface area (Å²) < 4.78 is 35.6. The number of aliphatic hydroxyl groups is 1. The Hall–Kier alpha value is -0.860. The molecule has 0 heterocycles. The highest BCUT2D eigenvalue weighted by molar-refractivity contribution is 7.86. The molecule has 0 rings (SSSR count). The van der Waals surface area contributed by atoms with E-state index in [0.717, 1.165) is 0 Å². The first kappa shape index (κ1) is 18.1. The van der Waals surface area contributed by atoms with Crippen LogP contribution >= 0.6 is 0 Å². The van der Waals surface area contributed by atoms with Gasteiger partial charge < -0.3 is 15.2 Å². The van der Waals surface area contributed by atoms with E-state index in [0.29, 0.717) is 0 Å². The third-order valence-electron chi connectivity index (χ3n) is 2.41. The highest BCUT2D eigenvalue weighted by Gasteiger charge is 2.32. The second-order valence-corrected chi connectivity index (χ2v) is 7.21. The highest BCUT2D eigenvalue weighted by atomic mass is 32.2. The van der Waals surface area contributed by atoms with E-state index in [-0.39, 0.29) is 12.5 Å². The molecule has 0 radical (unpaired) electrons. The standard InChI is InChI=1S/C11H23NO6S/c1-7(2)8(9(13)19(15,16)17)6-12-10(14)18-11(3,4)5/h7-9,13H,6H2,1-5H3,(H,12,14)(H,15,16,17). The van der Waals surface area contributed by atoms with Crippen LogP contribution in [0.25, 0.3) is 0 Å². The van der Waals surface area contributed by atoms with E-state index in [1.165, 1.54) is 0 Å². The zero-order valence-electron chi connectivity index (χ0n) is 11.9. The molecule has 2 atom stereocenters. The van der Waals surface area contributed by atoms with Gasteiger partial charge in [0.2, 0.25) is 0 Å². The maximum Gasteiger partial charge on any atom is 0.407 e. The molecule has 0 aliphatic rings. The van der Waals surface area contributed by atoms with Crippen molar-refractivity contribution in [2.75, 3.05) is 6.54 Å².